The molecule has 6 nitrogen and oxygen atoms in total. The SMILES string of the molecule is CC(C)C(NS(=O)(=O)c1ccccc1)c1nnc2ccccn12. The van der Waals surface area contributed by atoms with Gasteiger partial charge in [-0.05, 0) is 30.2 Å². The van der Waals surface area contributed by atoms with E-state index >= 15 is 0 Å². The summed E-state index contributed by atoms with van der Waals surface area (Å²) in [7, 11) is -3.63. The van der Waals surface area contributed by atoms with Gasteiger partial charge in [0, 0.05) is 6.20 Å². The molecule has 2 aromatic heterocycles. The topological polar surface area (TPSA) is 76.4 Å². The van der Waals surface area contributed by atoms with Crippen molar-refractivity contribution in [2.45, 2.75) is 24.8 Å². The van der Waals surface area contributed by atoms with Crippen molar-refractivity contribution < 1.29 is 8.42 Å². The molecule has 1 N–H and O–H groups in total. The Balaban J connectivity index is 2.00. The van der Waals surface area contributed by atoms with E-state index in [0.717, 1.165) is 0 Å². The summed E-state index contributed by atoms with van der Waals surface area (Å²) in [5, 5.41) is 8.28. The monoisotopic (exact) mass is 330 g/mol. The summed E-state index contributed by atoms with van der Waals surface area (Å²) in [6.07, 6.45) is 1.83. The Bertz CT molecular complexity index is 904. The maximum Gasteiger partial charge on any atom is 0.241 e. The predicted molar refractivity (Wildman–Crippen MR) is 87.3 cm³/mol. The molecule has 0 saturated heterocycles. The molecule has 0 saturated carbocycles. The van der Waals surface area contributed by atoms with Crippen molar-refractivity contribution in [3.05, 3.63) is 60.6 Å². The van der Waals surface area contributed by atoms with Crippen molar-refractivity contribution in [1.82, 2.24) is 19.3 Å². The lowest BCUT2D eigenvalue weighted by Gasteiger charge is -2.20. The van der Waals surface area contributed by atoms with E-state index in [9.17, 15) is 8.42 Å². The van der Waals surface area contributed by atoms with E-state index in [1.54, 1.807) is 34.7 Å². The zero-order valence-corrected chi connectivity index (χ0v) is 13.7. The standard InChI is InChI=1S/C16H18N4O2S/c1-12(2)15(16-18-17-14-10-6-7-11-20(14)16)19-23(21,22)13-8-4-3-5-9-13/h3-12,15,19H,1-2H3. The maximum absolute atomic E-state index is 12.6. The zero-order valence-electron chi connectivity index (χ0n) is 12.9. The van der Waals surface area contributed by atoms with Crippen LogP contribution in [0.15, 0.2) is 59.6 Å². The molecule has 0 spiro atoms. The molecule has 1 atom stereocenters. The summed E-state index contributed by atoms with van der Waals surface area (Å²) in [4.78, 5) is 0.236. The van der Waals surface area contributed by atoms with Gasteiger partial charge in [0.2, 0.25) is 10.0 Å². The van der Waals surface area contributed by atoms with Crippen LogP contribution in [0.5, 0.6) is 0 Å². The molecule has 0 fully saturated rings. The van der Waals surface area contributed by atoms with Crippen LogP contribution in [-0.4, -0.2) is 23.0 Å². The summed E-state index contributed by atoms with van der Waals surface area (Å²) < 4.78 is 29.8. The van der Waals surface area contributed by atoms with Crippen LogP contribution < -0.4 is 4.72 Å². The third kappa shape index (κ3) is 3.11. The van der Waals surface area contributed by atoms with Gasteiger partial charge in [0.1, 0.15) is 0 Å². The minimum Gasteiger partial charge on any atom is -0.285 e. The number of nitrogens with zero attached hydrogens (tertiary/aromatic N) is 3. The summed E-state index contributed by atoms with van der Waals surface area (Å²) in [6.45, 7) is 3.89. The lowest BCUT2D eigenvalue weighted by atomic mass is 10.1. The van der Waals surface area contributed by atoms with Crippen LogP contribution >= 0.6 is 0 Å². The van der Waals surface area contributed by atoms with Crippen LogP contribution in [0.3, 0.4) is 0 Å². The molecule has 3 rings (SSSR count). The number of fused-ring (bicyclic) bond motifs is 1. The average Bonchev–Trinajstić information content (AvgIpc) is 2.97. The molecule has 2 heterocycles. The largest absolute Gasteiger partial charge is 0.285 e. The van der Waals surface area contributed by atoms with Crippen molar-refractivity contribution >= 4 is 15.7 Å². The van der Waals surface area contributed by atoms with Gasteiger partial charge in [-0.2, -0.15) is 0 Å². The van der Waals surface area contributed by atoms with E-state index in [1.807, 2.05) is 38.2 Å². The van der Waals surface area contributed by atoms with Gasteiger partial charge >= 0.3 is 0 Å². The molecule has 120 valence electrons. The highest BCUT2D eigenvalue weighted by Gasteiger charge is 2.27. The number of hydrogen-bond acceptors (Lipinski definition) is 4. The van der Waals surface area contributed by atoms with E-state index in [4.69, 9.17) is 0 Å². The van der Waals surface area contributed by atoms with Gasteiger partial charge in [-0.3, -0.25) is 4.40 Å². The minimum absolute atomic E-state index is 0.0149. The number of rotatable bonds is 5. The van der Waals surface area contributed by atoms with Gasteiger partial charge < -0.3 is 0 Å². The highest BCUT2D eigenvalue weighted by molar-refractivity contribution is 7.89. The Morgan fingerprint density at radius 1 is 1.00 bits per heavy atom. The first-order valence-electron chi connectivity index (χ1n) is 7.36. The van der Waals surface area contributed by atoms with Crippen LogP contribution in [0.4, 0.5) is 0 Å². The summed E-state index contributed by atoms with van der Waals surface area (Å²) >= 11 is 0. The maximum atomic E-state index is 12.6. The fourth-order valence-electron chi connectivity index (χ4n) is 2.39. The van der Waals surface area contributed by atoms with Gasteiger partial charge in [0.15, 0.2) is 11.5 Å². The van der Waals surface area contributed by atoms with Crippen LogP contribution in [-0.2, 0) is 10.0 Å². The first kappa shape index (κ1) is 15.6. The molecular formula is C16H18N4O2S. The van der Waals surface area contributed by atoms with Gasteiger partial charge in [-0.15, -0.1) is 10.2 Å². The molecule has 0 aliphatic carbocycles. The molecule has 0 radical (unpaired) electrons. The number of hydrogen-bond donors (Lipinski definition) is 1. The second-order valence-corrected chi connectivity index (χ2v) is 7.36. The summed E-state index contributed by atoms with van der Waals surface area (Å²) in [6, 6.07) is 13.4. The lowest BCUT2D eigenvalue weighted by Crippen LogP contribution is -2.33. The van der Waals surface area contributed by atoms with Gasteiger partial charge in [-0.1, -0.05) is 38.1 Å². The zero-order chi connectivity index (χ0) is 16.4. The van der Waals surface area contributed by atoms with Crippen molar-refractivity contribution in [2.75, 3.05) is 0 Å². The molecule has 1 aromatic carbocycles. The third-order valence-corrected chi connectivity index (χ3v) is 5.08. The fourth-order valence-corrected chi connectivity index (χ4v) is 3.76. The van der Waals surface area contributed by atoms with E-state index in [0.29, 0.717) is 11.5 Å². The Labute approximate surface area is 135 Å². The number of nitrogens with one attached hydrogen (secondary N) is 1. The highest BCUT2D eigenvalue weighted by Crippen LogP contribution is 2.23. The van der Waals surface area contributed by atoms with Crippen LogP contribution in [0.25, 0.3) is 5.65 Å². The molecule has 0 bridgehead atoms. The molecule has 7 heteroatoms. The normalized spacial score (nSPS) is 13.5. The fraction of sp³-hybridized carbons (Fsp3) is 0.250. The van der Waals surface area contributed by atoms with Gasteiger partial charge in [0.25, 0.3) is 0 Å². The molecule has 23 heavy (non-hydrogen) atoms. The van der Waals surface area contributed by atoms with Gasteiger partial charge in [0.05, 0.1) is 10.9 Å². The average molecular weight is 330 g/mol. The van der Waals surface area contributed by atoms with E-state index in [2.05, 4.69) is 14.9 Å². The Kier molecular flexibility index (Phi) is 4.14. The summed E-state index contributed by atoms with van der Waals surface area (Å²) in [5.41, 5.74) is 0.687. The van der Waals surface area contributed by atoms with E-state index < -0.39 is 16.1 Å². The number of aromatic nitrogens is 3. The predicted octanol–water partition coefficient (Wildman–Crippen LogP) is 2.40. The molecule has 1 unspecified atom stereocenters. The first-order chi connectivity index (χ1) is 11.0. The molecule has 0 aliphatic rings. The second kappa shape index (κ2) is 6.10. The third-order valence-electron chi connectivity index (χ3n) is 3.62. The number of sulfonamides is 1. The van der Waals surface area contributed by atoms with E-state index in [-0.39, 0.29) is 10.8 Å². The van der Waals surface area contributed by atoms with Crippen LogP contribution in [0.2, 0.25) is 0 Å². The summed E-state index contributed by atoms with van der Waals surface area (Å²) in [5.74, 6) is 0.594. The van der Waals surface area contributed by atoms with Crippen molar-refractivity contribution in [3.8, 4) is 0 Å². The van der Waals surface area contributed by atoms with Crippen LogP contribution in [0.1, 0.15) is 25.7 Å². The number of pyridine rings is 1. The molecule has 0 aliphatic heterocycles. The van der Waals surface area contributed by atoms with Gasteiger partial charge in [-0.25, -0.2) is 13.1 Å². The quantitative estimate of drug-likeness (QED) is 0.779. The highest BCUT2D eigenvalue weighted by atomic mass is 32.2. The van der Waals surface area contributed by atoms with Crippen molar-refractivity contribution in [2.24, 2.45) is 5.92 Å². The Morgan fingerprint density at radius 3 is 2.39 bits per heavy atom. The smallest absolute Gasteiger partial charge is 0.241 e. The number of benzene rings is 1. The Hall–Kier alpha value is -2.25. The Morgan fingerprint density at radius 2 is 1.70 bits per heavy atom. The minimum atomic E-state index is -3.63. The molecule has 3 aromatic rings. The van der Waals surface area contributed by atoms with Crippen molar-refractivity contribution in [3.63, 3.8) is 0 Å². The lowest BCUT2D eigenvalue weighted by molar-refractivity contribution is 0.441. The molecular weight excluding hydrogens is 312 g/mol. The van der Waals surface area contributed by atoms with Crippen molar-refractivity contribution in [1.29, 1.82) is 0 Å². The molecule has 0 amide bonds. The first-order valence-corrected chi connectivity index (χ1v) is 8.84. The van der Waals surface area contributed by atoms with Crippen LogP contribution in [0, 0.1) is 5.92 Å². The second-order valence-electron chi connectivity index (χ2n) is 5.64. The van der Waals surface area contributed by atoms with E-state index in [1.165, 1.54) is 0 Å².